The van der Waals surface area contributed by atoms with Crippen LogP contribution in [0, 0.1) is 5.82 Å². The second-order valence-electron chi connectivity index (χ2n) is 7.48. The summed E-state index contributed by atoms with van der Waals surface area (Å²) in [6.07, 6.45) is 3.43. The van der Waals surface area contributed by atoms with E-state index in [1.165, 1.54) is 6.07 Å². The van der Waals surface area contributed by atoms with E-state index < -0.39 is 0 Å². The Morgan fingerprint density at radius 3 is 2.82 bits per heavy atom. The van der Waals surface area contributed by atoms with Gasteiger partial charge in [0.25, 0.3) is 0 Å². The fourth-order valence-electron chi connectivity index (χ4n) is 3.91. The number of carbonyl (C=O) groups excluding carboxylic acids is 2. The number of hydrogen-bond acceptors (Lipinski definition) is 4. The van der Waals surface area contributed by atoms with Gasteiger partial charge in [0, 0.05) is 57.2 Å². The maximum atomic E-state index is 13.8. The molecule has 0 bridgehead atoms. The zero-order valence-corrected chi connectivity index (χ0v) is 15.9. The molecule has 2 amide bonds. The van der Waals surface area contributed by atoms with Crippen molar-refractivity contribution in [2.45, 2.75) is 38.6 Å². The van der Waals surface area contributed by atoms with E-state index in [4.69, 9.17) is 4.98 Å². The van der Waals surface area contributed by atoms with Crippen LogP contribution in [0.3, 0.4) is 0 Å². The van der Waals surface area contributed by atoms with Gasteiger partial charge in [0.2, 0.25) is 11.8 Å². The van der Waals surface area contributed by atoms with Crippen molar-refractivity contribution in [2.75, 3.05) is 19.6 Å². The third-order valence-electron chi connectivity index (χ3n) is 5.60. The maximum Gasteiger partial charge on any atom is 0.227 e. The lowest BCUT2D eigenvalue weighted by molar-refractivity contribution is -0.130. The molecule has 0 N–H and O–H groups in total. The predicted molar refractivity (Wildman–Crippen MR) is 101 cm³/mol. The number of hydrogen-bond donors (Lipinski definition) is 0. The molecule has 1 fully saturated rings. The maximum absolute atomic E-state index is 13.8. The van der Waals surface area contributed by atoms with E-state index in [1.54, 1.807) is 34.9 Å². The number of fused-ring (bicyclic) bond motifs is 1. The topological polar surface area (TPSA) is 66.4 Å². The number of halogens is 1. The van der Waals surface area contributed by atoms with Crippen LogP contribution in [0.5, 0.6) is 0 Å². The van der Waals surface area contributed by atoms with Crippen molar-refractivity contribution < 1.29 is 14.0 Å². The van der Waals surface area contributed by atoms with E-state index in [0.29, 0.717) is 31.7 Å². The van der Waals surface area contributed by atoms with Crippen LogP contribution in [0.25, 0.3) is 0 Å². The second kappa shape index (κ2) is 7.66. The minimum atomic E-state index is -0.343. The highest BCUT2D eigenvalue weighted by Crippen LogP contribution is 2.27. The molecule has 0 unspecified atom stereocenters. The Hall–Kier alpha value is -2.83. The first-order valence-corrected chi connectivity index (χ1v) is 9.62. The molecule has 0 aliphatic carbocycles. The molecule has 1 atom stereocenters. The fraction of sp³-hybridized carbons (Fsp3) is 0.429. The Balaban J connectivity index is 1.41. The van der Waals surface area contributed by atoms with E-state index in [0.717, 1.165) is 29.9 Å². The SMILES string of the molecule is CC(=O)N1CCc2nc([C@@H]3CCN(C(=O)Cc4ccccc4F)C3)ncc2C1. The van der Waals surface area contributed by atoms with Crippen LogP contribution in [0.1, 0.15) is 41.9 Å². The molecular formula is C21H23FN4O2. The van der Waals surface area contributed by atoms with Crippen LogP contribution >= 0.6 is 0 Å². The van der Waals surface area contributed by atoms with Crippen LogP contribution < -0.4 is 0 Å². The van der Waals surface area contributed by atoms with Crippen LogP contribution in [0.2, 0.25) is 0 Å². The highest BCUT2D eigenvalue weighted by Gasteiger charge is 2.30. The second-order valence-corrected chi connectivity index (χ2v) is 7.48. The average Bonchev–Trinajstić information content (AvgIpc) is 3.19. The molecule has 7 heteroatoms. The number of aromatic nitrogens is 2. The normalized spacial score (nSPS) is 18.9. The summed E-state index contributed by atoms with van der Waals surface area (Å²) in [7, 11) is 0. The van der Waals surface area contributed by atoms with Crippen molar-refractivity contribution >= 4 is 11.8 Å². The Labute approximate surface area is 163 Å². The van der Waals surface area contributed by atoms with Gasteiger partial charge in [-0.1, -0.05) is 18.2 Å². The summed E-state index contributed by atoms with van der Waals surface area (Å²) in [6, 6.07) is 6.40. The van der Waals surface area contributed by atoms with Crippen LogP contribution in [0.4, 0.5) is 4.39 Å². The minimum absolute atomic E-state index is 0.0644. The summed E-state index contributed by atoms with van der Waals surface area (Å²) in [6.45, 7) is 4.01. The summed E-state index contributed by atoms with van der Waals surface area (Å²) in [5.41, 5.74) is 2.42. The number of carbonyl (C=O) groups is 2. The zero-order chi connectivity index (χ0) is 19.7. The van der Waals surface area contributed by atoms with E-state index in [2.05, 4.69) is 4.98 Å². The molecule has 0 radical (unpaired) electrons. The van der Waals surface area contributed by atoms with Gasteiger partial charge >= 0.3 is 0 Å². The fourth-order valence-corrected chi connectivity index (χ4v) is 3.91. The first-order valence-electron chi connectivity index (χ1n) is 9.62. The third kappa shape index (κ3) is 3.74. The molecule has 0 spiro atoms. The molecule has 2 aromatic rings. The summed E-state index contributed by atoms with van der Waals surface area (Å²) < 4.78 is 13.8. The standard InChI is InChI=1S/C21H23FN4O2/c1-14(27)25-9-7-19-17(13-25)11-23-21(24-19)16-6-8-26(12-16)20(28)10-15-4-2-3-5-18(15)22/h2-5,11,16H,6-10,12-13H2,1H3/t16-/m1/s1. The Kier molecular flexibility index (Phi) is 5.07. The van der Waals surface area contributed by atoms with Crippen molar-refractivity contribution in [1.82, 2.24) is 19.8 Å². The van der Waals surface area contributed by atoms with Crippen molar-refractivity contribution in [2.24, 2.45) is 0 Å². The van der Waals surface area contributed by atoms with Crippen LogP contribution in [-0.2, 0) is 29.0 Å². The van der Waals surface area contributed by atoms with Gasteiger partial charge in [-0.2, -0.15) is 0 Å². The highest BCUT2D eigenvalue weighted by molar-refractivity contribution is 5.79. The van der Waals surface area contributed by atoms with Gasteiger partial charge in [0.15, 0.2) is 0 Å². The quantitative estimate of drug-likeness (QED) is 0.815. The average molecular weight is 382 g/mol. The van der Waals surface area contributed by atoms with Crippen molar-refractivity contribution in [1.29, 1.82) is 0 Å². The van der Waals surface area contributed by atoms with E-state index in [9.17, 15) is 14.0 Å². The van der Waals surface area contributed by atoms with Crippen molar-refractivity contribution in [3.63, 3.8) is 0 Å². The lowest BCUT2D eigenvalue weighted by atomic mass is 10.0. The lowest BCUT2D eigenvalue weighted by Crippen LogP contribution is -2.35. The summed E-state index contributed by atoms with van der Waals surface area (Å²) >= 11 is 0. The highest BCUT2D eigenvalue weighted by atomic mass is 19.1. The van der Waals surface area contributed by atoms with Gasteiger partial charge in [0.05, 0.1) is 12.1 Å². The van der Waals surface area contributed by atoms with Gasteiger partial charge in [-0.3, -0.25) is 9.59 Å². The van der Waals surface area contributed by atoms with Crippen molar-refractivity contribution in [3.05, 3.63) is 58.9 Å². The van der Waals surface area contributed by atoms with Gasteiger partial charge in [0.1, 0.15) is 11.6 Å². The van der Waals surface area contributed by atoms with E-state index in [-0.39, 0.29) is 30.0 Å². The molecule has 3 heterocycles. The minimum Gasteiger partial charge on any atom is -0.342 e. The van der Waals surface area contributed by atoms with Crippen molar-refractivity contribution in [3.8, 4) is 0 Å². The Morgan fingerprint density at radius 2 is 2.04 bits per heavy atom. The van der Waals surface area contributed by atoms with Gasteiger partial charge in [-0.15, -0.1) is 0 Å². The largest absolute Gasteiger partial charge is 0.342 e. The number of amides is 2. The number of benzene rings is 1. The molecule has 4 rings (SSSR count). The molecular weight excluding hydrogens is 359 g/mol. The molecule has 2 aliphatic heterocycles. The number of rotatable bonds is 3. The third-order valence-corrected chi connectivity index (χ3v) is 5.60. The first-order chi connectivity index (χ1) is 13.5. The Morgan fingerprint density at radius 1 is 1.21 bits per heavy atom. The van der Waals surface area contributed by atoms with Gasteiger partial charge in [-0.05, 0) is 18.1 Å². The lowest BCUT2D eigenvalue weighted by Gasteiger charge is -2.27. The van der Waals surface area contributed by atoms with Gasteiger partial charge in [-0.25, -0.2) is 14.4 Å². The van der Waals surface area contributed by atoms with Gasteiger partial charge < -0.3 is 9.80 Å². The monoisotopic (exact) mass is 382 g/mol. The number of nitrogens with zero attached hydrogens (tertiary/aromatic N) is 4. The molecule has 146 valence electrons. The smallest absolute Gasteiger partial charge is 0.227 e. The predicted octanol–water partition coefficient (Wildman–Crippen LogP) is 2.08. The number of likely N-dealkylation sites (tertiary alicyclic amines) is 1. The Bertz CT molecular complexity index is 917. The summed E-state index contributed by atoms with van der Waals surface area (Å²) in [5.74, 6) is 0.512. The summed E-state index contributed by atoms with van der Waals surface area (Å²) in [5, 5.41) is 0. The molecule has 0 saturated carbocycles. The molecule has 28 heavy (non-hydrogen) atoms. The van der Waals surface area contributed by atoms with E-state index in [1.807, 2.05) is 6.20 Å². The molecule has 1 aromatic heterocycles. The zero-order valence-electron chi connectivity index (χ0n) is 15.9. The molecule has 1 saturated heterocycles. The molecule has 1 aromatic carbocycles. The van der Waals surface area contributed by atoms with E-state index >= 15 is 0 Å². The summed E-state index contributed by atoms with van der Waals surface area (Å²) in [4.78, 5) is 36.9. The molecule has 2 aliphatic rings. The van der Waals surface area contributed by atoms with Crippen LogP contribution in [0.15, 0.2) is 30.5 Å². The van der Waals surface area contributed by atoms with Crippen LogP contribution in [-0.4, -0.2) is 51.2 Å². The molecule has 6 nitrogen and oxygen atoms in total. The first kappa shape index (κ1) is 18.5.